The fraction of sp³-hybridized carbons (Fsp3) is 0.267. The Morgan fingerprint density at radius 3 is 2.45 bits per heavy atom. The van der Waals surface area contributed by atoms with Crippen LogP contribution in [0.1, 0.15) is 29.0 Å². The molecule has 0 aliphatic heterocycles. The molecule has 7 heteroatoms. The number of aliphatic carboxylic acids is 1. The SMILES string of the molecule is COC(=O)c1cc(OC)cc2cc(C(C)C(=O)O)oc(=O)c12. The largest absolute Gasteiger partial charge is 0.497 e. The minimum atomic E-state index is -1.13. The maximum absolute atomic E-state index is 12.2. The van der Waals surface area contributed by atoms with E-state index in [1.165, 1.54) is 39.3 Å². The molecule has 0 aliphatic rings. The molecular formula is C15H14O7. The van der Waals surface area contributed by atoms with Gasteiger partial charge in [0.25, 0.3) is 0 Å². The maximum atomic E-state index is 12.2. The number of hydrogen-bond donors (Lipinski definition) is 1. The molecule has 1 N–H and O–H groups in total. The van der Waals surface area contributed by atoms with Gasteiger partial charge in [0, 0.05) is 0 Å². The van der Waals surface area contributed by atoms with Gasteiger partial charge in [0.1, 0.15) is 17.4 Å². The van der Waals surface area contributed by atoms with Gasteiger partial charge in [-0.2, -0.15) is 0 Å². The zero-order chi connectivity index (χ0) is 16.4. The van der Waals surface area contributed by atoms with Crippen LogP contribution in [0.4, 0.5) is 0 Å². The summed E-state index contributed by atoms with van der Waals surface area (Å²) >= 11 is 0. The molecule has 1 unspecified atom stereocenters. The smallest absolute Gasteiger partial charge is 0.344 e. The second kappa shape index (κ2) is 5.88. The molecule has 2 aromatic rings. The molecular weight excluding hydrogens is 292 g/mol. The second-order valence-corrected chi connectivity index (χ2v) is 4.63. The number of benzene rings is 1. The number of rotatable bonds is 4. The number of carbonyl (C=O) groups excluding carboxylic acids is 1. The second-order valence-electron chi connectivity index (χ2n) is 4.63. The lowest BCUT2D eigenvalue weighted by Crippen LogP contribution is -2.14. The summed E-state index contributed by atoms with van der Waals surface area (Å²) in [5, 5.41) is 9.39. The number of ether oxygens (including phenoxy) is 2. The van der Waals surface area contributed by atoms with Crippen LogP contribution >= 0.6 is 0 Å². The van der Waals surface area contributed by atoms with Gasteiger partial charge in [-0.25, -0.2) is 9.59 Å². The van der Waals surface area contributed by atoms with Crippen molar-refractivity contribution >= 4 is 22.7 Å². The molecule has 22 heavy (non-hydrogen) atoms. The van der Waals surface area contributed by atoms with Crippen LogP contribution in [0.3, 0.4) is 0 Å². The molecule has 2 rings (SSSR count). The van der Waals surface area contributed by atoms with Crippen LogP contribution in [0.15, 0.2) is 27.4 Å². The lowest BCUT2D eigenvalue weighted by atomic mass is 10.0. The zero-order valence-corrected chi connectivity index (χ0v) is 12.2. The highest BCUT2D eigenvalue weighted by molar-refractivity contribution is 6.04. The molecule has 7 nitrogen and oxygen atoms in total. The lowest BCUT2D eigenvalue weighted by Gasteiger charge is -2.10. The fourth-order valence-corrected chi connectivity index (χ4v) is 2.04. The third kappa shape index (κ3) is 2.65. The van der Waals surface area contributed by atoms with E-state index in [1.807, 2.05) is 0 Å². The number of esters is 1. The van der Waals surface area contributed by atoms with E-state index in [9.17, 15) is 14.4 Å². The van der Waals surface area contributed by atoms with Gasteiger partial charge in [-0.15, -0.1) is 0 Å². The number of methoxy groups -OCH3 is 2. The van der Waals surface area contributed by atoms with Gasteiger partial charge in [0.15, 0.2) is 0 Å². The first-order valence-corrected chi connectivity index (χ1v) is 6.36. The Balaban J connectivity index is 2.81. The average molecular weight is 306 g/mol. The summed E-state index contributed by atoms with van der Waals surface area (Å²) in [5.41, 5.74) is -0.802. The van der Waals surface area contributed by atoms with E-state index in [2.05, 4.69) is 4.74 Å². The van der Waals surface area contributed by atoms with Crippen molar-refractivity contribution in [1.82, 2.24) is 0 Å². The van der Waals surface area contributed by atoms with Crippen molar-refractivity contribution < 1.29 is 28.6 Å². The minimum absolute atomic E-state index is 0.000119. The third-order valence-electron chi connectivity index (χ3n) is 3.29. The summed E-state index contributed by atoms with van der Waals surface area (Å²) in [5.74, 6) is -2.50. The van der Waals surface area contributed by atoms with E-state index in [0.29, 0.717) is 11.1 Å². The number of carboxylic acids is 1. The Kier molecular flexibility index (Phi) is 4.16. The molecule has 0 aliphatic carbocycles. The molecule has 1 aromatic carbocycles. The van der Waals surface area contributed by atoms with E-state index in [0.717, 1.165) is 0 Å². The average Bonchev–Trinajstić information content (AvgIpc) is 2.51. The van der Waals surface area contributed by atoms with Crippen LogP contribution in [0.5, 0.6) is 5.75 Å². The van der Waals surface area contributed by atoms with Gasteiger partial charge in [0.05, 0.1) is 25.2 Å². The van der Waals surface area contributed by atoms with Gasteiger partial charge >= 0.3 is 17.6 Å². The minimum Gasteiger partial charge on any atom is -0.497 e. The van der Waals surface area contributed by atoms with E-state index in [4.69, 9.17) is 14.3 Å². The number of hydrogen-bond acceptors (Lipinski definition) is 6. The number of fused-ring (bicyclic) bond motifs is 1. The van der Waals surface area contributed by atoms with Crippen molar-refractivity contribution in [3.63, 3.8) is 0 Å². The summed E-state index contributed by atoms with van der Waals surface area (Å²) in [6.07, 6.45) is 0. The normalized spacial score (nSPS) is 12.0. The first kappa shape index (κ1) is 15.6. The Bertz CT molecular complexity index is 803. The van der Waals surface area contributed by atoms with Crippen LogP contribution in [-0.4, -0.2) is 31.3 Å². The molecule has 0 amide bonds. The molecule has 0 radical (unpaired) electrons. The Morgan fingerprint density at radius 1 is 1.23 bits per heavy atom. The lowest BCUT2D eigenvalue weighted by molar-refractivity contribution is -0.138. The van der Waals surface area contributed by atoms with Crippen LogP contribution in [0.2, 0.25) is 0 Å². The summed E-state index contributed by atoms with van der Waals surface area (Å²) in [6.45, 7) is 1.40. The first-order chi connectivity index (χ1) is 10.4. The summed E-state index contributed by atoms with van der Waals surface area (Å²) < 4.78 is 14.8. The predicted octanol–water partition coefficient (Wildman–Crippen LogP) is 1.78. The van der Waals surface area contributed by atoms with Crippen molar-refractivity contribution in [1.29, 1.82) is 0 Å². The van der Waals surface area contributed by atoms with Crippen molar-refractivity contribution in [3.05, 3.63) is 39.9 Å². The highest BCUT2D eigenvalue weighted by Gasteiger charge is 2.22. The summed E-state index contributed by atoms with van der Waals surface area (Å²) in [7, 11) is 2.60. The van der Waals surface area contributed by atoms with E-state index in [-0.39, 0.29) is 16.7 Å². The number of carboxylic acid groups (broad SMARTS) is 1. The Labute approximate surface area is 125 Å². The van der Waals surface area contributed by atoms with E-state index in [1.54, 1.807) is 0 Å². The summed E-state index contributed by atoms with van der Waals surface area (Å²) in [4.78, 5) is 35.0. The molecule has 1 atom stereocenters. The van der Waals surface area contributed by atoms with Gasteiger partial charge in [-0.3, -0.25) is 4.79 Å². The molecule has 1 heterocycles. The van der Waals surface area contributed by atoms with Gasteiger partial charge in [-0.05, 0) is 30.5 Å². The van der Waals surface area contributed by atoms with Gasteiger partial charge < -0.3 is 19.0 Å². The zero-order valence-electron chi connectivity index (χ0n) is 12.2. The maximum Gasteiger partial charge on any atom is 0.344 e. The monoisotopic (exact) mass is 306 g/mol. The molecule has 1 aromatic heterocycles. The molecule has 116 valence electrons. The quantitative estimate of drug-likeness (QED) is 0.858. The predicted molar refractivity (Wildman–Crippen MR) is 76.4 cm³/mol. The highest BCUT2D eigenvalue weighted by atomic mass is 16.5. The van der Waals surface area contributed by atoms with Crippen molar-refractivity contribution in [3.8, 4) is 5.75 Å². The third-order valence-corrected chi connectivity index (χ3v) is 3.29. The van der Waals surface area contributed by atoms with Crippen molar-refractivity contribution in [2.45, 2.75) is 12.8 Å². The Morgan fingerprint density at radius 2 is 1.91 bits per heavy atom. The Hall–Kier alpha value is -2.83. The van der Waals surface area contributed by atoms with Crippen LogP contribution in [0.25, 0.3) is 10.8 Å². The topological polar surface area (TPSA) is 103 Å². The van der Waals surface area contributed by atoms with Gasteiger partial charge in [0.2, 0.25) is 0 Å². The summed E-state index contributed by atoms with van der Waals surface area (Å²) in [6, 6.07) is 4.30. The van der Waals surface area contributed by atoms with Crippen molar-refractivity contribution in [2.75, 3.05) is 14.2 Å². The van der Waals surface area contributed by atoms with Crippen LogP contribution in [-0.2, 0) is 9.53 Å². The van der Waals surface area contributed by atoms with Gasteiger partial charge in [-0.1, -0.05) is 0 Å². The van der Waals surface area contributed by atoms with E-state index >= 15 is 0 Å². The standard InChI is InChI=1S/C15H14O7/c1-7(13(16)17)11-5-8-4-9(20-2)6-10(14(18)21-3)12(8)15(19)22-11/h4-7H,1-3H3,(H,16,17). The molecule has 0 saturated carbocycles. The highest BCUT2D eigenvalue weighted by Crippen LogP contribution is 2.26. The number of carbonyl (C=O) groups is 2. The molecule has 0 fully saturated rings. The van der Waals surface area contributed by atoms with Crippen LogP contribution < -0.4 is 10.4 Å². The van der Waals surface area contributed by atoms with Crippen molar-refractivity contribution in [2.24, 2.45) is 0 Å². The van der Waals surface area contributed by atoms with Crippen LogP contribution in [0, 0.1) is 0 Å². The molecule has 0 spiro atoms. The fourth-order valence-electron chi connectivity index (χ4n) is 2.04. The molecule has 0 bridgehead atoms. The first-order valence-electron chi connectivity index (χ1n) is 6.36. The molecule has 0 saturated heterocycles. The van der Waals surface area contributed by atoms with E-state index < -0.39 is 23.5 Å².